The Morgan fingerprint density at radius 2 is 2.00 bits per heavy atom. The summed E-state index contributed by atoms with van der Waals surface area (Å²) < 4.78 is 5.01. The average molecular weight is 281 g/mol. The van der Waals surface area contributed by atoms with E-state index in [-0.39, 0.29) is 11.5 Å². The van der Waals surface area contributed by atoms with Crippen molar-refractivity contribution in [2.75, 3.05) is 7.11 Å². The molecule has 0 aliphatic carbocycles. The summed E-state index contributed by atoms with van der Waals surface area (Å²) in [6.45, 7) is 0. The summed E-state index contributed by atoms with van der Waals surface area (Å²) in [5.41, 5.74) is 1.50. The van der Waals surface area contributed by atoms with Crippen molar-refractivity contribution in [3.05, 3.63) is 66.0 Å². The van der Waals surface area contributed by atoms with Gasteiger partial charge in [0.25, 0.3) is 0 Å². The fourth-order valence-corrected chi connectivity index (χ4v) is 1.67. The van der Waals surface area contributed by atoms with E-state index in [1.54, 1.807) is 30.5 Å². The van der Waals surface area contributed by atoms with Crippen LogP contribution in [0.25, 0.3) is 12.2 Å². The zero-order valence-electron chi connectivity index (χ0n) is 11.6. The molecule has 0 fully saturated rings. The number of allylic oxidation sites excluding steroid dienone is 2. The zero-order chi connectivity index (χ0) is 15.1. The Hall–Kier alpha value is -2.88. The second-order valence-electron chi connectivity index (χ2n) is 4.25. The number of carbonyl (C=O) groups is 1. The van der Waals surface area contributed by atoms with Crippen molar-refractivity contribution in [2.45, 2.75) is 0 Å². The van der Waals surface area contributed by atoms with Gasteiger partial charge in [0.05, 0.1) is 12.8 Å². The van der Waals surface area contributed by atoms with Crippen LogP contribution in [0.2, 0.25) is 0 Å². The van der Waals surface area contributed by atoms with Gasteiger partial charge in [-0.05, 0) is 48.1 Å². The number of phenolic OH excluding ortho intramolecular Hbond substituents is 1. The number of ether oxygens (including phenoxy) is 1. The summed E-state index contributed by atoms with van der Waals surface area (Å²) in [6, 6.07) is 10.4. The summed E-state index contributed by atoms with van der Waals surface area (Å²) >= 11 is 0. The molecule has 0 radical (unpaired) electrons. The highest BCUT2D eigenvalue weighted by Gasteiger charge is 2.00. The van der Waals surface area contributed by atoms with Crippen molar-refractivity contribution >= 4 is 17.9 Å². The molecule has 0 atom stereocenters. The predicted molar refractivity (Wildman–Crippen MR) is 82.0 cm³/mol. The Morgan fingerprint density at radius 3 is 2.71 bits per heavy atom. The molecule has 0 aliphatic rings. The third-order valence-electron chi connectivity index (χ3n) is 2.75. The van der Waals surface area contributed by atoms with Crippen LogP contribution in [-0.4, -0.2) is 23.0 Å². The topological polar surface area (TPSA) is 59.4 Å². The van der Waals surface area contributed by atoms with Crippen LogP contribution >= 0.6 is 0 Å². The molecule has 0 saturated heterocycles. The summed E-state index contributed by atoms with van der Waals surface area (Å²) in [6.07, 6.45) is 7.89. The van der Waals surface area contributed by atoms with E-state index in [0.29, 0.717) is 5.75 Å². The predicted octanol–water partition coefficient (Wildman–Crippen LogP) is 3.09. The monoisotopic (exact) mass is 281 g/mol. The normalized spacial score (nSPS) is 11.1. The van der Waals surface area contributed by atoms with Gasteiger partial charge >= 0.3 is 0 Å². The maximum absolute atomic E-state index is 11.7. The van der Waals surface area contributed by atoms with Gasteiger partial charge < -0.3 is 9.84 Å². The number of ketones is 1. The quantitative estimate of drug-likeness (QED) is 0.856. The van der Waals surface area contributed by atoms with E-state index >= 15 is 0 Å². The van der Waals surface area contributed by atoms with E-state index in [1.165, 1.54) is 25.3 Å². The molecule has 1 N–H and O–H groups in total. The summed E-state index contributed by atoms with van der Waals surface area (Å²) in [4.78, 5) is 15.8. The lowest BCUT2D eigenvalue weighted by molar-refractivity contribution is -0.110. The molecule has 1 heterocycles. The van der Waals surface area contributed by atoms with E-state index in [9.17, 15) is 9.90 Å². The van der Waals surface area contributed by atoms with E-state index in [2.05, 4.69) is 4.98 Å². The minimum absolute atomic E-state index is 0.0658. The van der Waals surface area contributed by atoms with E-state index in [1.807, 2.05) is 18.2 Å². The number of carbonyl (C=O) groups excluding carboxylic acids is 1. The number of phenols is 1. The summed E-state index contributed by atoms with van der Waals surface area (Å²) in [7, 11) is 1.48. The molecule has 0 unspecified atom stereocenters. The van der Waals surface area contributed by atoms with E-state index in [0.717, 1.165) is 11.3 Å². The smallest absolute Gasteiger partial charge is 0.178 e. The molecule has 106 valence electrons. The molecule has 4 heteroatoms. The van der Waals surface area contributed by atoms with Crippen molar-refractivity contribution < 1.29 is 14.6 Å². The first-order valence-electron chi connectivity index (χ1n) is 6.37. The fraction of sp³-hybridized carbons (Fsp3) is 0.0588. The molecule has 2 rings (SSSR count). The third-order valence-corrected chi connectivity index (χ3v) is 2.75. The molecule has 2 aromatic rings. The SMILES string of the molecule is COc1cc(C=CC(=O)C=Cc2ccccn2)ccc1O. The number of aromatic hydroxyl groups is 1. The summed E-state index contributed by atoms with van der Waals surface area (Å²) in [5, 5.41) is 9.49. The standard InChI is InChI=1S/C17H15NO3/c1-21-17-12-13(6-10-16(17)20)5-8-15(19)9-7-14-4-2-3-11-18-14/h2-12,20H,1H3. The molecule has 0 aliphatic heterocycles. The molecule has 1 aromatic heterocycles. The Balaban J connectivity index is 2.04. The van der Waals surface area contributed by atoms with Crippen molar-refractivity contribution in [3.8, 4) is 11.5 Å². The van der Waals surface area contributed by atoms with Gasteiger partial charge in [-0.15, -0.1) is 0 Å². The third kappa shape index (κ3) is 4.31. The van der Waals surface area contributed by atoms with Crippen LogP contribution in [0.15, 0.2) is 54.7 Å². The maximum atomic E-state index is 11.7. The number of methoxy groups -OCH3 is 1. The second-order valence-corrected chi connectivity index (χ2v) is 4.25. The minimum atomic E-state index is -0.146. The van der Waals surface area contributed by atoms with Gasteiger partial charge in [0.15, 0.2) is 17.3 Å². The van der Waals surface area contributed by atoms with Gasteiger partial charge in [-0.2, -0.15) is 0 Å². The van der Waals surface area contributed by atoms with Gasteiger partial charge in [0, 0.05) is 6.20 Å². The lowest BCUT2D eigenvalue weighted by Crippen LogP contribution is -1.87. The number of pyridine rings is 1. The van der Waals surface area contributed by atoms with E-state index < -0.39 is 0 Å². The molecule has 0 saturated carbocycles. The van der Waals surface area contributed by atoms with Crippen LogP contribution in [0.5, 0.6) is 11.5 Å². The Morgan fingerprint density at radius 1 is 1.19 bits per heavy atom. The molecular weight excluding hydrogens is 266 g/mol. The van der Waals surface area contributed by atoms with Crippen molar-refractivity contribution in [2.24, 2.45) is 0 Å². The number of hydrogen-bond acceptors (Lipinski definition) is 4. The molecular formula is C17H15NO3. The first-order chi connectivity index (χ1) is 10.2. The van der Waals surface area contributed by atoms with Crippen LogP contribution < -0.4 is 4.74 Å². The van der Waals surface area contributed by atoms with Crippen molar-refractivity contribution in [1.29, 1.82) is 0 Å². The fourth-order valence-electron chi connectivity index (χ4n) is 1.67. The van der Waals surface area contributed by atoms with Gasteiger partial charge in [-0.1, -0.05) is 18.2 Å². The lowest BCUT2D eigenvalue weighted by Gasteiger charge is -2.03. The lowest BCUT2D eigenvalue weighted by atomic mass is 10.1. The number of aromatic nitrogens is 1. The van der Waals surface area contributed by atoms with Crippen molar-refractivity contribution in [3.63, 3.8) is 0 Å². The number of benzene rings is 1. The molecule has 1 aromatic carbocycles. The molecule has 0 bridgehead atoms. The molecule has 4 nitrogen and oxygen atoms in total. The zero-order valence-corrected chi connectivity index (χ0v) is 11.6. The van der Waals surface area contributed by atoms with Crippen molar-refractivity contribution in [1.82, 2.24) is 4.98 Å². The van der Waals surface area contributed by atoms with Crippen LogP contribution in [0.3, 0.4) is 0 Å². The van der Waals surface area contributed by atoms with E-state index in [4.69, 9.17) is 4.74 Å². The Bertz CT molecular complexity index is 676. The molecule has 0 amide bonds. The van der Waals surface area contributed by atoms with Crippen LogP contribution in [0, 0.1) is 0 Å². The van der Waals surface area contributed by atoms with Gasteiger partial charge in [0.1, 0.15) is 0 Å². The molecule has 21 heavy (non-hydrogen) atoms. The average Bonchev–Trinajstić information content (AvgIpc) is 2.53. The number of rotatable bonds is 5. The largest absolute Gasteiger partial charge is 0.504 e. The second kappa shape index (κ2) is 7.05. The minimum Gasteiger partial charge on any atom is -0.504 e. The van der Waals surface area contributed by atoms with Crippen LogP contribution in [0.1, 0.15) is 11.3 Å². The highest BCUT2D eigenvalue weighted by molar-refractivity contribution is 6.04. The molecule has 0 spiro atoms. The van der Waals surface area contributed by atoms with Crippen LogP contribution in [-0.2, 0) is 4.79 Å². The van der Waals surface area contributed by atoms with Gasteiger partial charge in [-0.3, -0.25) is 9.78 Å². The highest BCUT2D eigenvalue weighted by Crippen LogP contribution is 2.26. The van der Waals surface area contributed by atoms with Gasteiger partial charge in [0.2, 0.25) is 0 Å². The highest BCUT2D eigenvalue weighted by atomic mass is 16.5. The number of nitrogens with zero attached hydrogens (tertiary/aromatic N) is 1. The Labute approximate surface area is 123 Å². The maximum Gasteiger partial charge on any atom is 0.178 e. The first kappa shape index (κ1) is 14.5. The first-order valence-corrected chi connectivity index (χ1v) is 6.37. The Kier molecular flexibility index (Phi) is 4.88. The summed E-state index contributed by atoms with van der Waals surface area (Å²) in [5.74, 6) is 0.289. The van der Waals surface area contributed by atoms with Gasteiger partial charge in [-0.25, -0.2) is 0 Å². The number of hydrogen-bond donors (Lipinski definition) is 1. The van der Waals surface area contributed by atoms with Crippen LogP contribution in [0.4, 0.5) is 0 Å².